The molecule has 2 fully saturated rings. The quantitative estimate of drug-likeness (QED) is 0.828. The summed E-state index contributed by atoms with van der Waals surface area (Å²) in [6, 6.07) is 0. The Morgan fingerprint density at radius 1 is 1.17 bits per heavy atom. The molecule has 1 heterocycles. The van der Waals surface area contributed by atoms with Crippen LogP contribution < -0.4 is 5.73 Å². The van der Waals surface area contributed by atoms with Crippen LogP contribution in [0.3, 0.4) is 0 Å². The van der Waals surface area contributed by atoms with Crippen LogP contribution >= 0.6 is 0 Å². The molecule has 1 saturated carbocycles. The van der Waals surface area contributed by atoms with Crippen LogP contribution in [0.2, 0.25) is 0 Å². The minimum absolute atomic E-state index is 0.197. The molecule has 2 nitrogen and oxygen atoms in total. The van der Waals surface area contributed by atoms with Crippen molar-refractivity contribution in [2.45, 2.75) is 83.8 Å². The third-order valence-electron chi connectivity index (χ3n) is 5.75. The Bertz CT molecular complexity index is 266. The van der Waals surface area contributed by atoms with Crippen molar-refractivity contribution in [1.82, 2.24) is 0 Å². The van der Waals surface area contributed by atoms with E-state index < -0.39 is 0 Å². The highest BCUT2D eigenvalue weighted by Crippen LogP contribution is 2.47. The minimum atomic E-state index is 0.197. The van der Waals surface area contributed by atoms with Gasteiger partial charge < -0.3 is 10.5 Å². The second-order valence-electron chi connectivity index (χ2n) is 7.17. The maximum absolute atomic E-state index is 6.33. The van der Waals surface area contributed by atoms with Crippen molar-refractivity contribution in [1.29, 1.82) is 0 Å². The fourth-order valence-electron chi connectivity index (χ4n) is 3.87. The highest BCUT2D eigenvalue weighted by Gasteiger charge is 2.42. The average Bonchev–Trinajstić information content (AvgIpc) is 2.39. The second-order valence-corrected chi connectivity index (χ2v) is 7.17. The van der Waals surface area contributed by atoms with Crippen molar-refractivity contribution < 1.29 is 4.74 Å². The molecule has 2 N–H and O–H groups in total. The molecule has 106 valence electrons. The lowest BCUT2D eigenvalue weighted by Gasteiger charge is -2.48. The topological polar surface area (TPSA) is 35.2 Å². The summed E-state index contributed by atoms with van der Waals surface area (Å²) in [5.41, 5.74) is 6.49. The van der Waals surface area contributed by atoms with Gasteiger partial charge in [-0.05, 0) is 56.3 Å². The van der Waals surface area contributed by atoms with Crippen LogP contribution in [-0.2, 0) is 4.74 Å². The first-order chi connectivity index (χ1) is 8.51. The zero-order valence-electron chi connectivity index (χ0n) is 12.5. The highest BCUT2D eigenvalue weighted by molar-refractivity contribution is 4.94. The largest absolute Gasteiger partial charge is 0.370 e. The van der Waals surface area contributed by atoms with E-state index in [0.717, 1.165) is 5.92 Å². The van der Waals surface area contributed by atoms with E-state index in [1.807, 2.05) is 0 Å². The Labute approximate surface area is 113 Å². The predicted octanol–water partition coefficient (Wildman–Crippen LogP) is 3.88. The number of nitrogens with two attached hydrogens (primary N) is 1. The summed E-state index contributed by atoms with van der Waals surface area (Å²) in [6.45, 7) is 7.89. The summed E-state index contributed by atoms with van der Waals surface area (Å²) in [5, 5.41) is 0. The number of hydrogen-bond acceptors (Lipinski definition) is 2. The van der Waals surface area contributed by atoms with E-state index in [-0.39, 0.29) is 5.60 Å². The van der Waals surface area contributed by atoms with Gasteiger partial charge in [0, 0.05) is 6.54 Å². The highest BCUT2D eigenvalue weighted by atomic mass is 16.5. The van der Waals surface area contributed by atoms with Crippen LogP contribution in [0.5, 0.6) is 0 Å². The molecule has 1 saturated heterocycles. The van der Waals surface area contributed by atoms with Crippen molar-refractivity contribution in [3.8, 4) is 0 Å². The maximum Gasteiger partial charge on any atom is 0.0704 e. The van der Waals surface area contributed by atoms with Crippen LogP contribution in [0.4, 0.5) is 0 Å². The molecule has 1 spiro atoms. The molecule has 0 aromatic carbocycles. The number of hydrogen-bond donors (Lipinski definition) is 1. The molecule has 1 atom stereocenters. The van der Waals surface area contributed by atoms with Crippen LogP contribution in [0.15, 0.2) is 0 Å². The third-order valence-corrected chi connectivity index (χ3v) is 5.75. The first kappa shape index (κ1) is 14.3. The molecule has 1 aliphatic carbocycles. The van der Waals surface area contributed by atoms with Crippen molar-refractivity contribution >= 4 is 0 Å². The van der Waals surface area contributed by atoms with Gasteiger partial charge >= 0.3 is 0 Å². The molecule has 0 radical (unpaired) electrons. The first-order valence-electron chi connectivity index (χ1n) is 7.89. The van der Waals surface area contributed by atoms with Crippen LogP contribution in [0.1, 0.15) is 72.1 Å². The lowest BCUT2D eigenvalue weighted by Crippen LogP contribution is -2.47. The SMILES string of the molecule is CCC(C)(C)C1CCC2(CCCC(CN)O2)CC1. The fourth-order valence-corrected chi connectivity index (χ4v) is 3.87. The van der Waals surface area contributed by atoms with Gasteiger partial charge in [0.1, 0.15) is 0 Å². The normalized spacial score (nSPS) is 38.0. The van der Waals surface area contributed by atoms with Gasteiger partial charge in [-0.25, -0.2) is 0 Å². The monoisotopic (exact) mass is 253 g/mol. The van der Waals surface area contributed by atoms with E-state index in [4.69, 9.17) is 10.5 Å². The smallest absolute Gasteiger partial charge is 0.0704 e. The number of ether oxygens (including phenoxy) is 1. The summed E-state index contributed by atoms with van der Waals surface area (Å²) in [7, 11) is 0. The Morgan fingerprint density at radius 3 is 2.39 bits per heavy atom. The van der Waals surface area contributed by atoms with E-state index >= 15 is 0 Å². The van der Waals surface area contributed by atoms with Crippen molar-refractivity contribution in [2.24, 2.45) is 17.1 Å². The van der Waals surface area contributed by atoms with E-state index in [1.165, 1.54) is 51.4 Å². The maximum atomic E-state index is 6.33. The molecular formula is C16H31NO. The summed E-state index contributed by atoms with van der Waals surface area (Å²) < 4.78 is 6.33. The van der Waals surface area contributed by atoms with Gasteiger partial charge in [-0.15, -0.1) is 0 Å². The summed E-state index contributed by atoms with van der Waals surface area (Å²) in [4.78, 5) is 0. The fraction of sp³-hybridized carbons (Fsp3) is 1.00. The zero-order valence-corrected chi connectivity index (χ0v) is 12.5. The first-order valence-corrected chi connectivity index (χ1v) is 7.89. The van der Waals surface area contributed by atoms with E-state index in [2.05, 4.69) is 20.8 Å². The Morgan fingerprint density at radius 2 is 1.83 bits per heavy atom. The molecular weight excluding hydrogens is 222 g/mol. The zero-order chi connectivity index (χ0) is 13.2. The molecule has 0 aromatic rings. The molecule has 1 aliphatic heterocycles. The van der Waals surface area contributed by atoms with Gasteiger partial charge in [-0.3, -0.25) is 0 Å². The van der Waals surface area contributed by atoms with Crippen molar-refractivity contribution in [3.05, 3.63) is 0 Å². The van der Waals surface area contributed by atoms with Gasteiger partial charge in [0.15, 0.2) is 0 Å². The van der Waals surface area contributed by atoms with Crippen molar-refractivity contribution in [2.75, 3.05) is 6.54 Å². The van der Waals surface area contributed by atoms with Crippen LogP contribution in [-0.4, -0.2) is 18.2 Å². The van der Waals surface area contributed by atoms with Gasteiger partial charge in [0.05, 0.1) is 11.7 Å². The van der Waals surface area contributed by atoms with Gasteiger partial charge in [0.2, 0.25) is 0 Å². The summed E-state index contributed by atoms with van der Waals surface area (Å²) in [6.07, 6.45) is 10.6. The molecule has 1 unspecified atom stereocenters. The van der Waals surface area contributed by atoms with Gasteiger partial charge in [0.25, 0.3) is 0 Å². The van der Waals surface area contributed by atoms with Crippen LogP contribution in [0, 0.1) is 11.3 Å². The van der Waals surface area contributed by atoms with Crippen LogP contribution in [0.25, 0.3) is 0 Å². The van der Waals surface area contributed by atoms with E-state index in [0.29, 0.717) is 18.1 Å². The lowest BCUT2D eigenvalue weighted by molar-refractivity contribution is -0.151. The van der Waals surface area contributed by atoms with Gasteiger partial charge in [-0.2, -0.15) is 0 Å². The lowest BCUT2D eigenvalue weighted by atomic mass is 9.65. The standard InChI is InChI=1S/C16H31NO/c1-4-15(2,3)13-7-10-16(11-8-13)9-5-6-14(12-17)18-16/h13-14H,4-12,17H2,1-3H3. The number of rotatable bonds is 3. The molecule has 0 aromatic heterocycles. The summed E-state index contributed by atoms with van der Waals surface area (Å²) >= 11 is 0. The minimum Gasteiger partial charge on any atom is -0.370 e. The third kappa shape index (κ3) is 2.91. The Balaban J connectivity index is 1.93. The second kappa shape index (κ2) is 5.50. The van der Waals surface area contributed by atoms with E-state index in [9.17, 15) is 0 Å². The molecule has 2 aliphatic rings. The van der Waals surface area contributed by atoms with E-state index in [1.54, 1.807) is 0 Å². The molecule has 0 amide bonds. The Kier molecular flexibility index (Phi) is 4.38. The summed E-state index contributed by atoms with van der Waals surface area (Å²) in [5.74, 6) is 0.884. The molecule has 0 bridgehead atoms. The average molecular weight is 253 g/mol. The molecule has 2 heteroatoms. The van der Waals surface area contributed by atoms with Gasteiger partial charge in [-0.1, -0.05) is 27.2 Å². The Hall–Kier alpha value is -0.0800. The van der Waals surface area contributed by atoms with Crippen molar-refractivity contribution in [3.63, 3.8) is 0 Å². The molecule has 18 heavy (non-hydrogen) atoms. The molecule has 2 rings (SSSR count). The predicted molar refractivity (Wildman–Crippen MR) is 76.5 cm³/mol.